The molecular formula is C14H11N5O2S2. The largest absolute Gasteiger partial charge is 0.472 e. The molecule has 0 atom stereocenters. The lowest BCUT2D eigenvalue weighted by Gasteiger charge is -2.01. The second-order valence-electron chi connectivity index (χ2n) is 4.64. The molecule has 0 fully saturated rings. The summed E-state index contributed by atoms with van der Waals surface area (Å²) in [6.07, 6.45) is 4.98. The summed E-state index contributed by atoms with van der Waals surface area (Å²) in [4.78, 5) is 4.60. The molecule has 4 aromatic heterocycles. The maximum Gasteiger partial charge on any atom is 0.210 e. The first kappa shape index (κ1) is 14.2. The molecule has 0 saturated heterocycles. The summed E-state index contributed by atoms with van der Waals surface area (Å²) in [5.41, 5.74) is 1.98. The van der Waals surface area contributed by atoms with Gasteiger partial charge in [-0.1, -0.05) is 11.8 Å². The van der Waals surface area contributed by atoms with Gasteiger partial charge in [0.05, 0.1) is 18.2 Å². The van der Waals surface area contributed by atoms with Crippen LogP contribution in [-0.2, 0) is 12.3 Å². The van der Waals surface area contributed by atoms with Crippen LogP contribution in [0.1, 0.15) is 11.5 Å². The second kappa shape index (κ2) is 6.39. The van der Waals surface area contributed by atoms with E-state index in [4.69, 9.17) is 8.83 Å². The number of tetrazole rings is 1. The van der Waals surface area contributed by atoms with Crippen molar-refractivity contribution in [2.45, 2.75) is 17.5 Å². The first-order chi connectivity index (χ1) is 11.4. The van der Waals surface area contributed by atoms with E-state index >= 15 is 0 Å². The second-order valence-corrected chi connectivity index (χ2v) is 6.44. The van der Waals surface area contributed by atoms with Crippen molar-refractivity contribution in [1.82, 2.24) is 25.2 Å². The lowest BCUT2D eigenvalue weighted by Crippen LogP contribution is -2.03. The molecular weight excluding hydrogens is 334 g/mol. The summed E-state index contributed by atoms with van der Waals surface area (Å²) in [6.45, 7) is 0.514. The average molecular weight is 345 g/mol. The van der Waals surface area contributed by atoms with Crippen LogP contribution in [0, 0.1) is 0 Å². The minimum atomic E-state index is 0.514. The Bertz CT molecular complexity index is 867. The van der Waals surface area contributed by atoms with Crippen molar-refractivity contribution in [3.8, 4) is 10.6 Å². The van der Waals surface area contributed by atoms with Crippen molar-refractivity contribution in [3.05, 3.63) is 53.8 Å². The van der Waals surface area contributed by atoms with Crippen molar-refractivity contribution in [3.63, 3.8) is 0 Å². The number of aromatic nitrogens is 5. The van der Waals surface area contributed by atoms with Gasteiger partial charge in [0.15, 0.2) is 0 Å². The van der Waals surface area contributed by atoms with Gasteiger partial charge >= 0.3 is 0 Å². The van der Waals surface area contributed by atoms with Crippen LogP contribution in [0.4, 0.5) is 0 Å². The smallest absolute Gasteiger partial charge is 0.210 e. The zero-order valence-electron chi connectivity index (χ0n) is 11.8. The molecule has 23 heavy (non-hydrogen) atoms. The number of rotatable bonds is 6. The molecule has 0 aliphatic rings. The van der Waals surface area contributed by atoms with Crippen molar-refractivity contribution in [2.24, 2.45) is 0 Å². The molecule has 0 aromatic carbocycles. The van der Waals surface area contributed by atoms with E-state index in [2.05, 4.69) is 20.5 Å². The van der Waals surface area contributed by atoms with Crippen LogP contribution in [0.25, 0.3) is 10.6 Å². The van der Waals surface area contributed by atoms with E-state index in [0.717, 1.165) is 27.2 Å². The molecule has 116 valence electrons. The van der Waals surface area contributed by atoms with E-state index < -0.39 is 0 Å². The summed E-state index contributed by atoms with van der Waals surface area (Å²) in [5, 5.41) is 15.5. The molecule has 0 aliphatic carbocycles. The van der Waals surface area contributed by atoms with Gasteiger partial charge in [-0.3, -0.25) is 0 Å². The molecule has 0 saturated carbocycles. The summed E-state index contributed by atoms with van der Waals surface area (Å²) >= 11 is 3.14. The van der Waals surface area contributed by atoms with Crippen LogP contribution in [0.3, 0.4) is 0 Å². The van der Waals surface area contributed by atoms with Crippen molar-refractivity contribution in [2.75, 3.05) is 0 Å². The SMILES string of the molecule is c1coc(Cn2nnnc2SCc2csc(-c3ccoc3)n2)c1. The fraction of sp³-hybridized carbons (Fsp3) is 0.143. The third kappa shape index (κ3) is 3.20. The number of thiazole rings is 1. The highest BCUT2D eigenvalue weighted by Crippen LogP contribution is 2.27. The van der Waals surface area contributed by atoms with Crippen LogP contribution >= 0.6 is 23.1 Å². The van der Waals surface area contributed by atoms with Gasteiger partial charge in [0.1, 0.15) is 23.6 Å². The molecule has 7 nitrogen and oxygen atoms in total. The quantitative estimate of drug-likeness (QED) is 0.496. The minimum Gasteiger partial charge on any atom is -0.472 e. The highest BCUT2D eigenvalue weighted by atomic mass is 32.2. The third-order valence-electron chi connectivity index (χ3n) is 3.05. The number of furan rings is 2. The first-order valence-corrected chi connectivity index (χ1v) is 8.63. The van der Waals surface area contributed by atoms with E-state index in [1.54, 1.807) is 46.6 Å². The van der Waals surface area contributed by atoms with Gasteiger partial charge in [-0.2, -0.15) is 0 Å². The highest BCUT2D eigenvalue weighted by molar-refractivity contribution is 7.98. The Kier molecular flexibility index (Phi) is 3.95. The molecule has 0 bridgehead atoms. The Morgan fingerprint density at radius 3 is 3.09 bits per heavy atom. The van der Waals surface area contributed by atoms with Gasteiger partial charge in [0, 0.05) is 16.7 Å². The lowest BCUT2D eigenvalue weighted by molar-refractivity contribution is 0.462. The summed E-state index contributed by atoms with van der Waals surface area (Å²) in [6, 6.07) is 5.65. The number of hydrogen-bond acceptors (Lipinski definition) is 8. The van der Waals surface area contributed by atoms with Gasteiger partial charge in [0.25, 0.3) is 0 Å². The van der Waals surface area contributed by atoms with E-state index in [-0.39, 0.29) is 0 Å². The Balaban J connectivity index is 1.43. The molecule has 4 rings (SSSR count). The molecule has 0 radical (unpaired) electrons. The maximum atomic E-state index is 5.32. The van der Waals surface area contributed by atoms with Gasteiger partial charge in [0.2, 0.25) is 5.16 Å². The molecule has 0 amide bonds. The standard InChI is InChI=1S/C14H11N5O2S2/c1-2-12(21-4-1)6-19-14(16-17-18-19)23-9-11-8-22-13(15-11)10-3-5-20-7-10/h1-5,7-8H,6,9H2. The molecule has 0 spiro atoms. The van der Waals surface area contributed by atoms with Gasteiger partial charge < -0.3 is 8.83 Å². The highest BCUT2D eigenvalue weighted by Gasteiger charge is 2.11. The maximum absolute atomic E-state index is 5.32. The molecule has 4 aromatic rings. The van der Waals surface area contributed by atoms with Gasteiger partial charge in [-0.15, -0.1) is 16.4 Å². The molecule has 0 aliphatic heterocycles. The predicted molar refractivity (Wildman–Crippen MR) is 85.0 cm³/mol. The van der Waals surface area contributed by atoms with E-state index in [0.29, 0.717) is 12.3 Å². The molecule has 4 heterocycles. The van der Waals surface area contributed by atoms with Gasteiger partial charge in [-0.05, 0) is 28.6 Å². The normalized spacial score (nSPS) is 11.1. The van der Waals surface area contributed by atoms with Gasteiger partial charge in [-0.25, -0.2) is 9.67 Å². The van der Waals surface area contributed by atoms with Crippen LogP contribution in [0.5, 0.6) is 0 Å². The molecule has 9 heteroatoms. The Morgan fingerprint density at radius 2 is 2.26 bits per heavy atom. The average Bonchev–Trinajstić information content (AvgIpc) is 3.34. The first-order valence-electron chi connectivity index (χ1n) is 6.77. The van der Waals surface area contributed by atoms with Crippen LogP contribution in [-0.4, -0.2) is 25.2 Å². The fourth-order valence-corrected chi connectivity index (χ4v) is 3.66. The number of thioether (sulfide) groups is 1. The van der Waals surface area contributed by atoms with E-state index in [1.807, 2.05) is 23.6 Å². The topological polar surface area (TPSA) is 82.8 Å². The van der Waals surface area contributed by atoms with E-state index in [1.165, 1.54) is 0 Å². The summed E-state index contributed by atoms with van der Waals surface area (Å²) < 4.78 is 12.1. The number of nitrogens with zero attached hydrogens (tertiary/aromatic N) is 5. The van der Waals surface area contributed by atoms with Crippen molar-refractivity contribution < 1.29 is 8.83 Å². The Labute approximate surface area is 139 Å². The zero-order chi connectivity index (χ0) is 15.5. The molecule has 0 unspecified atom stereocenters. The lowest BCUT2D eigenvalue weighted by atomic mass is 10.4. The van der Waals surface area contributed by atoms with Crippen molar-refractivity contribution >= 4 is 23.1 Å². The minimum absolute atomic E-state index is 0.514. The Hall–Kier alpha value is -2.39. The summed E-state index contributed by atoms with van der Waals surface area (Å²) in [5.74, 6) is 1.52. The predicted octanol–water partition coefficient (Wildman–Crippen LogP) is 3.32. The van der Waals surface area contributed by atoms with Crippen molar-refractivity contribution in [1.29, 1.82) is 0 Å². The Morgan fingerprint density at radius 1 is 1.26 bits per heavy atom. The van der Waals surface area contributed by atoms with Crippen LogP contribution < -0.4 is 0 Å². The fourth-order valence-electron chi connectivity index (χ4n) is 1.98. The monoisotopic (exact) mass is 345 g/mol. The molecule has 0 N–H and O–H groups in total. The summed E-state index contributed by atoms with van der Waals surface area (Å²) in [7, 11) is 0. The van der Waals surface area contributed by atoms with Crippen LogP contribution in [0.15, 0.2) is 56.4 Å². The number of hydrogen-bond donors (Lipinski definition) is 0. The van der Waals surface area contributed by atoms with Crippen LogP contribution in [0.2, 0.25) is 0 Å². The van der Waals surface area contributed by atoms with E-state index in [9.17, 15) is 0 Å². The zero-order valence-corrected chi connectivity index (χ0v) is 13.5. The third-order valence-corrected chi connectivity index (χ3v) is 4.98.